The molecule has 1 saturated carbocycles. The molecule has 1 amide bonds. The van der Waals surface area contributed by atoms with Gasteiger partial charge in [0, 0.05) is 7.05 Å². The van der Waals surface area contributed by atoms with E-state index in [1.807, 2.05) is 12.2 Å². The van der Waals surface area contributed by atoms with Crippen LogP contribution >= 0.6 is 15.9 Å². The number of furan rings is 1. The molecule has 1 heterocycles. The van der Waals surface area contributed by atoms with E-state index in [0.29, 0.717) is 17.0 Å². The number of carbonyl (C=O) groups excluding carboxylic acids is 1. The van der Waals surface area contributed by atoms with Crippen LogP contribution < -0.4 is 0 Å². The molecular weight excluding hydrogens is 338 g/mol. The third-order valence-corrected chi connectivity index (χ3v) is 4.85. The van der Waals surface area contributed by atoms with E-state index in [0.717, 1.165) is 6.42 Å². The maximum Gasteiger partial charge on any atom is 0.307 e. The summed E-state index contributed by atoms with van der Waals surface area (Å²) in [6, 6.07) is 3.57. The zero-order valence-corrected chi connectivity index (χ0v) is 13.1. The molecule has 2 unspecified atom stereocenters. The highest BCUT2D eigenvalue weighted by Gasteiger charge is 2.52. The molecule has 4 atom stereocenters. The molecular formula is C15H16BrNO4. The summed E-state index contributed by atoms with van der Waals surface area (Å²) in [5.74, 6) is -1.34. The second-order valence-corrected chi connectivity index (χ2v) is 6.52. The first kappa shape index (κ1) is 14.4. The van der Waals surface area contributed by atoms with Gasteiger partial charge in [-0.25, -0.2) is 0 Å². The fourth-order valence-electron chi connectivity index (χ4n) is 3.50. The van der Waals surface area contributed by atoms with Crippen molar-refractivity contribution < 1.29 is 19.1 Å². The van der Waals surface area contributed by atoms with Crippen LogP contribution in [0.5, 0.6) is 0 Å². The number of amides is 1. The van der Waals surface area contributed by atoms with Gasteiger partial charge < -0.3 is 14.4 Å². The van der Waals surface area contributed by atoms with E-state index < -0.39 is 17.8 Å². The maximum atomic E-state index is 12.6. The second kappa shape index (κ2) is 5.33. The molecule has 1 N–H and O–H groups in total. The predicted octanol–water partition coefficient (Wildman–Crippen LogP) is 2.52. The summed E-state index contributed by atoms with van der Waals surface area (Å²) in [7, 11) is 1.69. The Morgan fingerprint density at radius 1 is 1.33 bits per heavy atom. The lowest BCUT2D eigenvalue weighted by Crippen LogP contribution is -2.40. The van der Waals surface area contributed by atoms with Gasteiger partial charge in [-0.05, 0) is 46.3 Å². The highest BCUT2D eigenvalue weighted by molar-refractivity contribution is 9.10. The fraction of sp³-hybridized carbons (Fsp3) is 0.467. The minimum absolute atomic E-state index is 0.00685. The standard InChI is InChI=1S/C15H16BrNO4/c1-17(7-10-4-5-11(16)21-10)14(18)12-8-2-3-9(6-8)13(12)15(19)20/h2-5,8-9,12-13H,6-7H2,1H3,(H,19,20)/t8?,9?,12-,13+/m0/s1. The summed E-state index contributed by atoms with van der Waals surface area (Å²) in [6.07, 6.45) is 4.70. The molecule has 0 aromatic carbocycles. The maximum absolute atomic E-state index is 12.6. The number of halogens is 1. The zero-order valence-electron chi connectivity index (χ0n) is 11.5. The van der Waals surface area contributed by atoms with E-state index >= 15 is 0 Å². The van der Waals surface area contributed by atoms with Crippen LogP contribution in [0, 0.1) is 23.7 Å². The summed E-state index contributed by atoms with van der Waals surface area (Å²) in [6.45, 7) is 0.342. The molecule has 1 fully saturated rings. The lowest BCUT2D eigenvalue weighted by molar-refractivity contribution is -0.150. The van der Waals surface area contributed by atoms with Crippen LogP contribution in [0.25, 0.3) is 0 Å². The Labute approximate surface area is 130 Å². The van der Waals surface area contributed by atoms with Gasteiger partial charge in [0.15, 0.2) is 4.67 Å². The number of nitrogens with zero attached hydrogens (tertiary/aromatic N) is 1. The highest BCUT2D eigenvalue weighted by Crippen LogP contribution is 2.48. The molecule has 0 aliphatic heterocycles. The van der Waals surface area contributed by atoms with Crippen molar-refractivity contribution in [1.29, 1.82) is 0 Å². The molecule has 0 spiro atoms. The zero-order chi connectivity index (χ0) is 15.1. The van der Waals surface area contributed by atoms with Gasteiger partial charge in [0.1, 0.15) is 5.76 Å². The Balaban J connectivity index is 1.74. The van der Waals surface area contributed by atoms with Crippen LogP contribution in [0.4, 0.5) is 0 Å². The lowest BCUT2D eigenvalue weighted by Gasteiger charge is -2.28. The first-order valence-corrected chi connectivity index (χ1v) is 7.67. The van der Waals surface area contributed by atoms with Crippen molar-refractivity contribution in [1.82, 2.24) is 4.90 Å². The minimum Gasteiger partial charge on any atom is -0.481 e. The van der Waals surface area contributed by atoms with E-state index in [1.165, 1.54) is 0 Å². The summed E-state index contributed by atoms with van der Waals surface area (Å²) < 4.78 is 6.01. The average molecular weight is 354 g/mol. The Morgan fingerprint density at radius 2 is 2.00 bits per heavy atom. The highest BCUT2D eigenvalue weighted by atomic mass is 79.9. The molecule has 6 heteroatoms. The lowest BCUT2D eigenvalue weighted by atomic mass is 9.82. The van der Waals surface area contributed by atoms with Crippen molar-refractivity contribution >= 4 is 27.8 Å². The van der Waals surface area contributed by atoms with Gasteiger partial charge >= 0.3 is 5.97 Å². The molecule has 1 aromatic heterocycles. The topological polar surface area (TPSA) is 70.8 Å². The molecule has 2 aliphatic rings. The molecule has 21 heavy (non-hydrogen) atoms. The number of fused-ring (bicyclic) bond motifs is 2. The van der Waals surface area contributed by atoms with Crippen LogP contribution in [0.15, 0.2) is 33.4 Å². The Hall–Kier alpha value is -1.56. The van der Waals surface area contributed by atoms with E-state index in [-0.39, 0.29) is 17.7 Å². The van der Waals surface area contributed by atoms with E-state index in [1.54, 1.807) is 24.1 Å². The van der Waals surface area contributed by atoms with Crippen LogP contribution in [0.3, 0.4) is 0 Å². The minimum atomic E-state index is -0.876. The van der Waals surface area contributed by atoms with Crippen molar-refractivity contribution in [3.05, 3.63) is 34.7 Å². The first-order chi connectivity index (χ1) is 9.97. The Bertz CT molecular complexity index is 609. The summed E-state index contributed by atoms with van der Waals surface area (Å²) in [4.78, 5) is 25.7. The van der Waals surface area contributed by atoms with Crippen LogP contribution in [0.2, 0.25) is 0 Å². The van der Waals surface area contributed by atoms with Gasteiger partial charge in [0.2, 0.25) is 5.91 Å². The average Bonchev–Trinajstić information content (AvgIpc) is 3.12. The van der Waals surface area contributed by atoms with E-state index in [4.69, 9.17) is 4.42 Å². The molecule has 5 nitrogen and oxygen atoms in total. The number of rotatable bonds is 4. The Kier molecular flexibility index (Phi) is 3.65. The van der Waals surface area contributed by atoms with Crippen molar-refractivity contribution in [3.8, 4) is 0 Å². The predicted molar refractivity (Wildman–Crippen MR) is 78.2 cm³/mol. The number of carboxylic acids is 1. The van der Waals surface area contributed by atoms with Crippen molar-refractivity contribution in [2.75, 3.05) is 7.05 Å². The number of carbonyl (C=O) groups is 2. The van der Waals surface area contributed by atoms with Crippen LogP contribution in [-0.4, -0.2) is 28.9 Å². The van der Waals surface area contributed by atoms with E-state index in [2.05, 4.69) is 15.9 Å². The largest absolute Gasteiger partial charge is 0.481 e. The monoisotopic (exact) mass is 353 g/mol. The SMILES string of the molecule is CN(Cc1ccc(Br)o1)C(=O)[C@H]1C2C=CC(C2)[C@H]1C(=O)O. The summed E-state index contributed by atoms with van der Waals surface area (Å²) in [5.41, 5.74) is 0. The van der Waals surface area contributed by atoms with Gasteiger partial charge in [0.05, 0.1) is 18.4 Å². The van der Waals surface area contributed by atoms with Gasteiger partial charge in [-0.3, -0.25) is 9.59 Å². The van der Waals surface area contributed by atoms with E-state index in [9.17, 15) is 14.7 Å². The third-order valence-electron chi connectivity index (χ3n) is 4.43. The van der Waals surface area contributed by atoms with Gasteiger partial charge in [-0.2, -0.15) is 0 Å². The quantitative estimate of drug-likeness (QED) is 0.844. The van der Waals surface area contributed by atoms with Crippen LogP contribution in [0.1, 0.15) is 12.2 Å². The molecule has 0 radical (unpaired) electrons. The number of hydrogen-bond donors (Lipinski definition) is 1. The second-order valence-electron chi connectivity index (χ2n) is 5.74. The molecule has 112 valence electrons. The van der Waals surface area contributed by atoms with Gasteiger partial charge in [-0.15, -0.1) is 0 Å². The number of allylic oxidation sites excluding steroid dienone is 2. The number of hydrogen-bond acceptors (Lipinski definition) is 3. The fourth-order valence-corrected chi connectivity index (χ4v) is 3.84. The number of aliphatic carboxylic acids is 1. The summed E-state index contributed by atoms with van der Waals surface area (Å²) >= 11 is 3.22. The first-order valence-electron chi connectivity index (χ1n) is 6.87. The van der Waals surface area contributed by atoms with Crippen LogP contribution in [-0.2, 0) is 16.1 Å². The normalized spacial score (nSPS) is 29.8. The van der Waals surface area contributed by atoms with Crippen molar-refractivity contribution in [2.24, 2.45) is 23.7 Å². The summed E-state index contributed by atoms with van der Waals surface area (Å²) in [5, 5.41) is 9.40. The molecule has 0 saturated heterocycles. The van der Waals surface area contributed by atoms with Gasteiger partial charge in [-0.1, -0.05) is 12.2 Å². The smallest absolute Gasteiger partial charge is 0.307 e. The Morgan fingerprint density at radius 3 is 2.57 bits per heavy atom. The molecule has 1 aromatic rings. The van der Waals surface area contributed by atoms with Gasteiger partial charge in [0.25, 0.3) is 0 Å². The third kappa shape index (κ3) is 2.52. The molecule has 2 bridgehead atoms. The molecule has 2 aliphatic carbocycles. The number of carboxylic acid groups (broad SMARTS) is 1. The van der Waals surface area contributed by atoms with Crippen molar-refractivity contribution in [3.63, 3.8) is 0 Å². The molecule has 3 rings (SSSR count). The van der Waals surface area contributed by atoms with Crippen molar-refractivity contribution in [2.45, 2.75) is 13.0 Å².